The second-order valence-corrected chi connectivity index (χ2v) is 8.96. The van der Waals surface area contributed by atoms with Gasteiger partial charge in [0.15, 0.2) is 0 Å². The van der Waals surface area contributed by atoms with E-state index in [0.717, 1.165) is 12.2 Å². The van der Waals surface area contributed by atoms with Crippen molar-refractivity contribution in [3.63, 3.8) is 0 Å². The van der Waals surface area contributed by atoms with E-state index in [9.17, 15) is 0 Å². The first-order valence-corrected chi connectivity index (χ1v) is 9.25. The molecule has 0 spiro atoms. The fourth-order valence-electron chi connectivity index (χ4n) is 4.51. The van der Waals surface area contributed by atoms with Gasteiger partial charge in [0, 0.05) is 36.4 Å². The number of piperidine rings is 1. The third kappa shape index (κ3) is 4.03. The lowest BCUT2D eigenvalue weighted by Crippen LogP contribution is -2.64. The van der Waals surface area contributed by atoms with Crippen molar-refractivity contribution in [3.05, 3.63) is 48.2 Å². The topological polar surface area (TPSA) is 6.48 Å². The summed E-state index contributed by atoms with van der Waals surface area (Å²) in [6.45, 7) is 19.4. The van der Waals surface area contributed by atoms with Crippen LogP contribution in [0.25, 0.3) is 0 Å². The normalized spacial score (nSPS) is 22.1. The van der Waals surface area contributed by atoms with Gasteiger partial charge in [-0.25, -0.2) is 0 Å². The highest BCUT2D eigenvalue weighted by atomic mass is 15.3. The maximum Gasteiger partial charge on any atom is 0.0318 e. The summed E-state index contributed by atoms with van der Waals surface area (Å²) in [6.07, 6.45) is 2.36. The van der Waals surface area contributed by atoms with Crippen LogP contribution in [0, 0.1) is 0 Å². The van der Waals surface area contributed by atoms with Crippen molar-refractivity contribution >= 4 is 0 Å². The number of rotatable bonds is 5. The maximum absolute atomic E-state index is 4.15. The van der Waals surface area contributed by atoms with E-state index in [1.54, 1.807) is 0 Å². The summed E-state index contributed by atoms with van der Waals surface area (Å²) in [5.74, 6) is 0.542. The molecular weight excluding hydrogens is 292 g/mol. The van der Waals surface area contributed by atoms with Gasteiger partial charge in [-0.05, 0) is 58.9 Å². The second-order valence-electron chi connectivity index (χ2n) is 8.96. The molecule has 0 aromatic heterocycles. The van der Waals surface area contributed by atoms with Crippen LogP contribution in [-0.4, -0.2) is 40.5 Å². The smallest absolute Gasteiger partial charge is 0.0318 e. The molecule has 1 aliphatic rings. The van der Waals surface area contributed by atoms with Gasteiger partial charge >= 0.3 is 0 Å². The van der Waals surface area contributed by atoms with E-state index in [1.165, 1.54) is 18.4 Å². The summed E-state index contributed by atoms with van der Waals surface area (Å²) in [5, 5.41) is 0. The molecule has 0 amide bonds. The zero-order valence-electron chi connectivity index (χ0n) is 16.8. The molecule has 1 aromatic rings. The van der Waals surface area contributed by atoms with Crippen molar-refractivity contribution in [2.45, 2.75) is 77.4 Å². The molecule has 1 atom stereocenters. The highest BCUT2D eigenvalue weighted by Gasteiger charge is 2.46. The van der Waals surface area contributed by atoms with Crippen molar-refractivity contribution in [2.75, 3.05) is 13.6 Å². The lowest BCUT2D eigenvalue weighted by molar-refractivity contribution is -0.0590. The molecule has 1 unspecified atom stereocenters. The van der Waals surface area contributed by atoms with Crippen molar-refractivity contribution in [3.8, 4) is 0 Å². The summed E-state index contributed by atoms with van der Waals surface area (Å²) < 4.78 is 0. The Bertz CT molecular complexity index is 541. The zero-order chi connectivity index (χ0) is 18.1. The maximum atomic E-state index is 4.15. The number of hydrogen-bond acceptors (Lipinski definition) is 2. The Hall–Kier alpha value is -1.28. The molecule has 0 aliphatic carbocycles. The van der Waals surface area contributed by atoms with Gasteiger partial charge in [-0.15, -0.1) is 0 Å². The van der Waals surface area contributed by atoms with Crippen LogP contribution in [0.4, 0.5) is 0 Å². The Morgan fingerprint density at radius 3 is 2.12 bits per heavy atom. The van der Waals surface area contributed by atoms with E-state index in [4.69, 9.17) is 0 Å². The Morgan fingerprint density at radius 2 is 1.67 bits per heavy atom. The van der Waals surface area contributed by atoms with Gasteiger partial charge in [0.1, 0.15) is 0 Å². The van der Waals surface area contributed by atoms with Crippen LogP contribution < -0.4 is 0 Å². The number of likely N-dealkylation sites (tertiary alicyclic amines) is 1. The van der Waals surface area contributed by atoms with Gasteiger partial charge in [-0.3, -0.25) is 4.90 Å². The molecule has 0 N–H and O–H groups in total. The van der Waals surface area contributed by atoms with Crippen LogP contribution in [0.15, 0.2) is 42.6 Å². The summed E-state index contributed by atoms with van der Waals surface area (Å²) in [6, 6.07) is 11.5. The summed E-state index contributed by atoms with van der Waals surface area (Å²) in [4.78, 5) is 5.11. The largest absolute Gasteiger partial charge is 0.375 e. The number of hydrogen-bond donors (Lipinski definition) is 0. The average molecular weight is 329 g/mol. The Kier molecular flexibility index (Phi) is 5.49. The molecule has 2 nitrogen and oxygen atoms in total. The van der Waals surface area contributed by atoms with Crippen molar-refractivity contribution < 1.29 is 0 Å². The van der Waals surface area contributed by atoms with Crippen LogP contribution in [0.2, 0.25) is 0 Å². The van der Waals surface area contributed by atoms with Crippen molar-refractivity contribution in [2.24, 2.45) is 0 Å². The molecule has 2 rings (SSSR count). The Morgan fingerprint density at radius 1 is 1.17 bits per heavy atom. The summed E-state index contributed by atoms with van der Waals surface area (Å²) >= 11 is 0. The van der Waals surface area contributed by atoms with Gasteiger partial charge in [-0.1, -0.05) is 43.8 Å². The third-order valence-electron chi connectivity index (χ3n) is 5.91. The first kappa shape index (κ1) is 19.1. The van der Waals surface area contributed by atoms with Crippen LogP contribution in [0.1, 0.15) is 65.9 Å². The molecule has 1 aliphatic heterocycles. The molecule has 1 fully saturated rings. The Balaban J connectivity index is 2.19. The van der Waals surface area contributed by atoms with E-state index >= 15 is 0 Å². The van der Waals surface area contributed by atoms with Crippen LogP contribution in [0.3, 0.4) is 0 Å². The van der Waals surface area contributed by atoms with Crippen LogP contribution in [-0.2, 0) is 0 Å². The first-order valence-electron chi connectivity index (χ1n) is 9.25. The van der Waals surface area contributed by atoms with Gasteiger partial charge in [0.05, 0.1) is 0 Å². The molecule has 134 valence electrons. The molecular formula is C22H36N2. The van der Waals surface area contributed by atoms with Crippen LogP contribution in [0.5, 0.6) is 0 Å². The second kappa shape index (κ2) is 6.92. The predicted octanol–water partition coefficient (Wildman–Crippen LogP) is 5.28. The third-order valence-corrected chi connectivity index (χ3v) is 5.91. The predicted molar refractivity (Wildman–Crippen MR) is 105 cm³/mol. The highest BCUT2D eigenvalue weighted by Crippen LogP contribution is 2.41. The number of nitrogens with zero attached hydrogens (tertiary/aromatic N) is 2. The first-order chi connectivity index (χ1) is 11.0. The van der Waals surface area contributed by atoms with Crippen molar-refractivity contribution in [1.29, 1.82) is 0 Å². The molecule has 2 heteroatoms. The quantitative estimate of drug-likeness (QED) is 0.726. The van der Waals surface area contributed by atoms with Crippen LogP contribution >= 0.6 is 0 Å². The summed E-state index contributed by atoms with van der Waals surface area (Å²) in [5.41, 5.74) is 2.96. The molecule has 0 bridgehead atoms. The van der Waals surface area contributed by atoms with E-state index < -0.39 is 0 Å². The highest BCUT2D eigenvalue weighted by molar-refractivity contribution is 5.20. The number of benzene rings is 1. The van der Waals surface area contributed by atoms with Crippen molar-refractivity contribution in [1.82, 2.24) is 9.80 Å². The minimum absolute atomic E-state index is 0.180. The van der Waals surface area contributed by atoms with Gasteiger partial charge < -0.3 is 4.90 Å². The van der Waals surface area contributed by atoms with E-state index in [0.29, 0.717) is 12.0 Å². The fraction of sp³-hybridized carbons (Fsp3) is 0.636. The standard InChI is InChI=1S/C22H36N2/c1-17(2)23(8)20-14-21(4,5)24(22(6,7)15-20)16-18(3)19-12-10-9-11-13-19/h9-13,18,20H,1,14-16H2,2-8H3. The lowest BCUT2D eigenvalue weighted by atomic mass is 9.75. The van der Waals surface area contributed by atoms with Gasteiger partial charge in [0.2, 0.25) is 0 Å². The molecule has 1 saturated heterocycles. The average Bonchev–Trinajstić information content (AvgIpc) is 2.49. The summed E-state index contributed by atoms with van der Waals surface area (Å²) in [7, 11) is 2.20. The Labute approximate surface area is 149 Å². The van der Waals surface area contributed by atoms with E-state index in [2.05, 4.69) is 95.3 Å². The molecule has 1 aromatic carbocycles. The molecule has 0 saturated carbocycles. The lowest BCUT2D eigenvalue weighted by Gasteiger charge is -2.57. The van der Waals surface area contributed by atoms with E-state index in [1.807, 2.05) is 0 Å². The molecule has 1 heterocycles. The van der Waals surface area contributed by atoms with Gasteiger partial charge in [0.25, 0.3) is 0 Å². The van der Waals surface area contributed by atoms with Gasteiger partial charge in [-0.2, -0.15) is 0 Å². The minimum Gasteiger partial charge on any atom is -0.375 e. The van der Waals surface area contributed by atoms with E-state index in [-0.39, 0.29) is 11.1 Å². The fourth-order valence-corrected chi connectivity index (χ4v) is 4.51. The number of allylic oxidation sites excluding steroid dienone is 1. The minimum atomic E-state index is 0.180. The zero-order valence-corrected chi connectivity index (χ0v) is 16.8. The molecule has 24 heavy (non-hydrogen) atoms. The SMILES string of the molecule is C=C(C)N(C)C1CC(C)(C)N(CC(C)c2ccccc2)C(C)(C)C1. The monoisotopic (exact) mass is 328 g/mol. The molecule has 0 radical (unpaired) electrons.